The molecule has 1 aliphatic heterocycles. The average molecular weight is 300 g/mol. The molecule has 4 rings (SSSR count). The summed E-state index contributed by atoms with van der Waals surface area (Å²) in [7, 11) is 0. The van der Waals surface area contributed by atoms with Crippen molar-refractivity contribution >= 4 is 17.4 Å². The zero-order valence-electron chi connectivity index (χ0n) is 13.0. The summed E-state index contributed by atoms with van der Waals surface area (Å²) in [6.07, 6.45) is 0. The van der Waals surface area contributed by atoms with Crippen LogP contribution < -0.4 is 16.2 Å². The predicted molar refractivity (Wildman–Crippen MR) is 97.3 cm³/mol. The van der Waals surface area contributed by atoms with Gasteiger partial charge in [0, 0.05) is 6.61 Å². The third-order valence-electron chi connectivity index (χ3n) is 4.66. The topological polar surface area (TPSA) is 21.3 Å². The second-order valence-electron chi connectivity index (χ2n) is 6.01. The molecule has 1 heterocycles. The monoisotopic (exact) mass is 300 g/mol. The minimum absolute atomic E-state index is 0.745. The summed E-state index contributed by atoms with van der Waals surface area (Å²) in [6, 6.07) is 29.7. The van der Waals surface area contributed by atoms with Gasteiger partial charge in [-0.15, -0.1) is 0 Å². The minimum atomic E-state index is -1.31. The van der Waals surface area contributed by atoms with Crippen LogP contribution in [0.1, 0.15) is 0 Å². The summed E-state index contributed by atoms with van der Waals surface area (Å²) >= 11 is 0. The lowest BCUT2D eigenvalue weighted by Gasteiger charge is -2.37. The Labute approximate surface area is 137 Å². The van der Waals surface area contributed by atoms with Gasteiger partial charge in [0.2, 0.25) is 6.48 Å². The molecule has 23 heavy (non-hydrogen) atoms. The van der Waals surface area contributed by atoms with E-state index in [1.54, 1.807) is 0 Å². The van der Waals surface area contributed by atoms with Gasteiger partial charge < -0.3 is 9.88 Å². The Hall–Kier alpha value is -2.36. The van der Waals surface area contributed by atoms with Crippen molar-refractivity contribution in [3.8, 4) is 11.1 Å². The lowest BCUT2D eigenvalue weighted by Crippen LogP contribution is -2.67. The van der Waals surface area contributed by atoms with Crippen LogP contribution >= 0.6 is 0 Å². The SMILES string of the molecule is c1ccc(-c2ccc([B-]3(c4ccccc4)NCCO3)cc2)cc1. The van der Waals surface area contributed by atoms with Crippen LogP contribution in [0.4, 0.5) is 0 Å². The third kappa shape index (κ3) is 2.58. The van der Waals surface area contributed by atoms with E-state index in [1.807, 2.05) is 12.1 Å². The first-order chi connectivity index (χ1) is 11.4. The van der Waals surface area contributed by atoms with Crippen molar-refractivity contribution in [3.63, 3.8) is 0 Å². The summed E-state index contributed by atoms with van der Waals surface area (Å²) in [5.74, 6) is 0. The summed E-state index contributed by atoms with van der Waals surface area (Å²) in [5.41, 5.74) is 4.87. The van der Waals surface area contributed by atoms with Crippen LogP contribution in [0.3, 0.4) is 0 Å². The standard InChI is InChI=1S/C20H19BNO/c1-3-7-17(8-4-1)18-11-13-20(14-12-18)21(22-15-16-23-21)19-9-5-2-6-10-19/h1-14,22H,15-16H2/q-1. The summed E-state index contributed by atoms with van der Waals surface area (Å²) in [6.45, 7) is 0.321. The Balaban J connectivity index is 1.74. The Morgan fingerprint density at radius 2 is 1.22 bits per heavy atom. The van der Waals surface area contributed by atoms with E-state index in [0.29, 0.717) is 0 Å². The van der Waals surface area contributed by atoms with Crippen molar-refractivity contribution in [3.05, 3.63) is 84.9 Å². The molecule has 0 radical (unpaired) electrons. The van der Waals surface area contributed by atoms with E-state index in [-0.39, 0.29) is 0 Å². The molecule has 0 aliphatic carbocycles. The smallest absolute Gasteiger partial charge is 0.239 e. The summed E-state index contributed by atoms with van der Waals surface area (Å²) in [5, 5.41) is 3.60. The van der Waals surface area contributed by atoms with E-state index >= 15 is 0 Å². The first-order valence-electron chi connectivity index (χ1n) is 8.14. The van der Waals surface area contributed by atoms with Gasteiger partial charge in [-0.2, -0.15) is 10.9 Å². The molecule has 0 bridgehead atoms. The van der Waals surface area contributed by atoms with E-state index in [2.05, 4.69) is 78.0 Å². The Kier molecular flexibility index (Phi) is 3.74. The van der Waals surface area contributed by atoms with Gasteiger partial charge in [0.1, 0.15) is 0 Å². The molecule has 1 fully saturated rings. The third-order valence-corrected chi connectivity index (χ3v) is 4.66. The normalized spacial score (nSPS) is 20.5. The van der Waals surface area contributed by atoms with Crippen molar-refractivity contribution in [2.75, 3.05) is 13.2 Å². The second-order valence-corrected chi connectivity index (χ2v) is 6.01. The quantitative estimate of drug-likeness (QED) is 0.751. The van der Waals surface area contributed by atoms with Gasteiger partial charge >= 0.3 is 0 Å². The van der Waals surface area contributed by atoms with E-state index in [9.17, 15) is 0 Å². The Morgan fingerprint density at radius 1 is 0.652 bits per heavy atom. The van der Waals surface area contributed by atoms with E-state index in [0.717, 1.165) is 13.2 Å². The molecule has 3 aromatic carbocycles. The highest BCUT2D eigenvalue weighted by Gasteiger charge is 2.32. The Morgan fingerprint density at radius 3 is 1.83 bits per heavy atom. The van der Waals surface area contributed by atoms with Crippen LogP contribution in [0.25, 0.3) is 11.1 Å². The molecule has 114 valence electrons. The number of benzene rings is 3. The Bertz CT molecular complexity index is 766. The van der Waals surface area contributed by atoms with E-state index in [4.69, 9.17) is 4.65 Å². The van der Waals surface area contributed by atoms with Gasteiger partial charge in [-0.1, -0.05) is 84.9 Å². The van der Waals surface area contributed by atoms with Gasteiger partial charge in [0.05, 0.1) is 0 Å². The number of hydrogen-bond donors (Lipinski definition) is 1. The molecule has 1 unspecified atom stereocenters. The van der Waals surface area contributed by atoms with Gasteiger partial charge in [0.25, 0.3) is 0 Å². The van der Waals surface area contributed by atoms with Gasteiger partial charge in [-0.05, 0) is 17.7 Å². The molecule has 0 saturated carbocycles. The zero-order valence-corrected chi connectivity index (χ0v) is 13.0. The number of rotatable bonds is 3. The highest BCUT2D eigenvalue weighted by atomic mass is 16.5. The number of nitrogens with one attached hydrogen (secondary N) is 1. The largest absolute Gasteiger partial charge is 0.570 e. The molecule has 0 spiro atoms. The number of hydrogen-bond acceptors (Lipinski definition) is 2. The average Bonchev–Trinajstić information content (AvgIpc) is 3.14. The molecule has 3 heteroatoms. The first-order valence-corrected chi connectivity index (χ1v) is 8.14. The van der Waals surface area contributed by atoms with Gasteiger partial charge in [-0.25, -0.2) is 0 Å². The molecular formula is C20H19BNO-. The first kappa shape index (κ1) is 14.3. The summed E-state index contributed by atoms with van der Waals surface area (Å²) < 4.78 is 6.21. The van der Waals surface area contributed by atoms with Gasteiger partial charge in [-0.3, -0.25) is 0 Å². The summed E-state index contributed by atoms with van der Waals surface area (Å²) in [4.78, 5) is 0. The molecule has 1 N–H and O–H groups in total. The maximum Gasteiger partial charge on any atom is 0.239 e. The lowest BCUT2D eigenvalue weighted by molar-refractivity contribution is 0.367. The second kappa shape index (κ2) is 6.03. The highest BCUT2D eigenvalue weighted by Crippen LogP contribution is 2.18. The molecular weight excluding hydrogens is 281 g/mol. The molecule has 1 atom stereocenters. The molecule has 1 aliphatic rings. The minimum Gasteiger partial charge on any atom is -0.570 e. The zero-order chi connectivity index (χ0) is 15.5. The molecule has 0 amide bonds. The molecule has 3 aromatic rings. The van der Waals surface area contributed by atoms with Crippen molar-refractivity contribution in [1.29, 1.82) is 0 Å². The molecule has 1 saturated heterocycles. The highest BCUT2D eigenvalue weighted by molar-refractivity contribution is 6.95. The van der Waals surface area contributed by atoms with Crippen LogP contribution in [0.2, 0.25) is 0 Å². The van der Waals surface area contributed by atoms with Gasteiger partial charge in [0.15, 0.2) is 0 Å². The van der Waals surface area contributed by atoms with Crippen LogP contribution in [0, 0.1) is 0 Å². The van der Waals surface area contributed by atoms with Crippen molar-refractivity contribution < 1.29 is 4.65 Å². The fourth-order valence-corrected chi connectivity index (χ4v) is 3.48. The maximum absolute atomic E-state index is 6.21. The van der Waals surface area contributed by atoms with E-state index in [1.165, 1.54) is 22.1 Å². The van der Waals surface area contributed by atoms with E-state index < -0.39 is 6.48 Å². The fourth-order valence-electron chi connectivity index (χ4n) is 3.48. The maximum atomic E-state index is 6.21. The predicted octanol–water partition coefficient (Wildman–Crippen LogP) is 2.53. The van der Waals surface area contributed by atoms with Crippen LogP contribution in [-0.4, -0.2) is 19.6 Å². The van der Waals surface area contributed by atoms with Crippen LogP contribution in [-0.2, 0) is 4.65 Å². The van der Waals surface area contributed by atoms with Crippen molar-refractivity contribution in [2.24, 2.45) is 0 Å². The van der Waals surface area contributed by atoms with Crippen molar-refractivity contribution in [1.82, 2.24) is 5.23 Å². The van der Waals surface area contributed by atoms with Crippen LogP contribution in [0.15, 0.2) is 84.9 Å². The lowest BCUT2D eigenvalue weighted by atomic mass is 9.42. The fraction of sp³-hybridized carbons (Fsp3) is 0.100. The van der Waals surface area contributed by atoms with Crippen LogP contribution in [0.5, 0.6) is 0 Å². The van der Waals surface area contributed by atoms with Crippen molar-refractivity contribution in [2.45, 2.75) is 0 Å². The molecule has 0 aromatic heterocycles. The molecule has 2 nitrogen and oxygen atoms in total.